The van der Waals surface area contributed by atoms with Crippen LogP contribution in [0.3, 0.4) is 0 Å². The van der Waals surface area contributed by atoms with Crippen LogP contribution in [-0.2, 0) is 25.7 Å². The highest BCUT2D eigenvalue weighted by Crippen LogP contribution is 2.41. The quantitative estimate of drug-likeness (QED) is 0.222. The summed E-state index contributed by atoms with van der Waals surface area (Å²) in [7, 11) is 0. The van der Waals surface area contributed by atoms with Crippen molar-refractivity contribution >= 4 is 23.3 Å². The number of Topliss-reactive ketones (excluding diaryl/α,β-unsaturated/α-hetero) is 1. The number of aromatic nitrogens is 3. The number of para-hydroxylation sites is 1. The molecule has 0 aliphatic carbocycles. The van der Waals surface area contributed by atoms with Gasteiger partial charge in [-0.15, -0.1) is 5.10 Å². The molecule has 1 unspecified atom stereocenters. The molecule has 1 aliphatic rings. The lowest BCUT2D eigenvalue weighted by Gasteiger charge is -2.29. The maximum Gasteiger partial charge on any atom is 0.227 e. The van der Waals surface area contributed by atoms with E-state index in [0.717, 1.165) is 16.7 Å². The number of aliphatic hydroxyl groups excluding tert-OH is 1. The summed E-state index contributed by atoms with van der Waals surface area (Å²) in [5.74, 6) is -0.206. The standard InChI is InChI=1S/C33H44N6O5/c1-22(2)28(40)16-19-44-18-9-17-34-29(41)14-15-30(42)38-21-24-10-5-6-11-25(24)33-32(26-12-7-8-13-27(26)38)36-37-39(33)31(43)20-35-23(3)4/h5-8,10-13,22-23,31,35,43H,9,14-21H2,1-4H3,(H,34,41). The fourth-order valence-electron chi connectivity index (χ4n) is 5.05. The van der Waals surface area contributed by atoms with Crippen molar-refractivity contribution in [3.8, 4) is 22.5 Å². The molecule has 2 heterocycles. The Morgan fingerprint density at radius 1 is 0.955 bits per heavy atom. The highest BCUT2D eigenvalue weighted by atomic mass is 16.5. The number of anilines is 1. The lowest BCUT2D eigenvalue weighted by molar-refractivity contribution is -0.125. The van der Waals surface area contributed by atoms with Crippen LogP contribution < -0.4 is 15.5 Å². The van der Waals surface area contributed by atoms with Crippen LogP contribution in [0.25, 0.3) is 22.5 Å². The summed E-state index contributed by atoms with van der Waals surface area (Å²) in [6.45, 7) is 9.62. The molecule has 11 nitrogen and oxygen atoms in total. The van der Waals surface area contributed by atoms with E-state index in [1.807, 2.05) is 76.2 Å². The van der Waals surface area contributed by atoms with Crippen molar-refractivity contribution in [2.45, 2.75) is 72.2 Å². The average molecular weight is 605 g/mol. The summed E-state index contributed by atoms with van der Waals surface area (Å²) in [6, 6.07) is 15.4. The molecule has 0 radical (unpaired) electrons. The van der Waals surface area contributed by atoms with E-state index in [-0.39, 0.29) is 48.9 Å². The first-order valence-corrected chi connectivity index (χ1v) is 15.4. The van der Waals surface area contributed by atoms with Gasteiger partial charge in [0.15, 0.2) is 6.23 Å². The summed E-state index contributed by atoms with van der Waals surface area (Å²) in [6.07, 6.45) is 0.171. The SMILES string of the molecule is CC(C)NCC(O)n1nnc2c1-c1ccccc1CN(C(=O)CCC(=O)NCCCOCCC(=O)C(C)C)c1ccccc1-2. The van der Waals surface area contributed by atoms with E-state index in [2.05, 4.69) is 20.9 Å². The second kappa shape index (κ2) is 15.7. The first-order chi connectivity index (χ1) is 21.2. The molecule has 44 heavy (non-hydrogen) atoms. The lowest BCUT2D eigenvalue weighted by Crippen LogP contribution is -2.34. The number of amides is 2. The van der Waals surface area contributed by atoms with E-state index in [1.165, 1.54) is 0 Å². The minimum absolute atomic E-state index is 0.00641. The number of rotatable bonds is 15. The van der Waals surface area contributed by atoms with Crippen LogP contribution in [0.2, 0.25) is 0 Å². The molecule has 1 aliphatic heterocycles. The molecular weight excluding hydrogens is 560 g/mol. The van der Waals surface area contributed by atoms with Crippen molar-refractivity contribution < 1.29 is 24.2 Å². The lowest BCUT2D eigenvalue weighted by atomic mass is 9.95. The molecule has 4 rings (SSSR count). The van der Waals surface area contributed by atoms with Crippen molar-refractivity contribution in [3.05, 3.63) is 54.1 Å². The number of aliphatic hydroxyl groups is 1. The Balaban J connectivity index is 1.44. The summed E-state index contributed by atoms with van der Waals surface area (Å²) >= 11 is 0. The Morgan fingerprint density at radius 2 is 1.68 bits per heavy atom. The second-order valence-corrected chi connectivity index (χ2v) is 11.6. The molecule has 3 N–H and O–H groups in total. The van der Waals surface area contributed by atoms with Gasteiger partial charge in [-0.1, -0.05) is 75.4 Å². The number of ether oxygens (including phenoxy) is 1. The van der Waals surface area contributed by atoms with E-state index in [9.17, 15) is 19.5 Å². The molecule has 11 heteroatoms. The number of hydrogen-bond donors (Lipinski definition) is 3. The predicted octanol–water partition coefficient (Wildman–Crippen LogP) is 3.87. The number of benzene rings is 2. The second-order valence-electron chi connectivity index (χ2n) is 11.6. The van der Waals surface area contributed by atoms with Gasteiger partial charge in [0.1, 0.15) is 17.2 Å². The Morgan fingerprint density at radius 3 is 2.43 bits per heavy atom. The topological polar surface area (TPSA) is 139 Å². The number of carbonyl (C=O) groups is 3. The van der Waals surface area contributed by atoms with E-state index in [4.69, 9.17) is 4.74 Å². The van der Waals surface area contributed by atoms with Gasteiger partial charge >= 0.3 is 0 Å². The Kier molecular flexibility index (Phi) is 11.8. The number of nitrogens with zero attached hydrogens (tertiary/aromatic N) is 4. The maximum absolute atomic E-state index is 13.7. The third-order valence-corrected chi connectivity index (χ3v) is 7.53. The average Bonchev–Trinajstić information content (AvgIpc) is 3.44. The summed E-state index contributed by atoms with van der Waals surface area (Å²) in [4.78, 5) is 39.6. The number of hydrogen-bond acceptors (Lipinski definition) is 8. The van der Waals surface area contributed by atoms with Gasteiger partial charge < -0.3 is 25.4 Å². The molecule has 0 spiro atoms. The van der Waals surface area contributed by atoms with Gasteiger partial charge in [-0.3, -0.25) is 14.4 Å². The van der Waals surface area contributed by atoms with Crippen molar-refractivity contribution in [2.24, 2.45) is 5.92 Å². The number of ketones is 1. The van der Waals surface area contributed by atoms with Crippen LogP contribution in [0.5, 0.6) is 0 Å². The first kappa shape index (κ1) is 33.0. The fourth-order valence-corrected chi connectivity index (χ4v) is 5.05. The minimum atomic E-state index is -0.940. The summed E-state index contributed by atoms with van der Waals surface area (Å²) in [5.41, 5.74) is 4.36. The summed E-state index contributed by atoms with van der Waals surface area (Å²) in [5, 5.41) is 26.0. The zero-order valence-electron chi connectivity index (χ0n) is 26.1. The smallest absolute Gasteiger partial charge is 0.227 e. The predicted molar refractivity (Wildman–Crippen MR) is 169 cm³/mol. The molecule has 2 aromatic carbocycles. The van der Waals surface area contributed by atoms with Gasteiger partial charge in [0.05, 0.1) is 18.8 Å². The van der Waals surface area contributed by atoms with E-state index in [0.29, 0.717) is 56.2 Å². The van der Waals surface area contributed by atoms with Crippen LogP contribution in [0.1, 0.15) is 65.2 Å². The molecule has 236 valence electrons. The van der Waals surface area contributed by atoms with Gasteiger partial charge in [0, 0.05) is 62.0 Å². The highest BCUT2D eigenvalue weighted by molar-refractivity contribution is 6.01. The van der Waals surface area contributed by atoms with Crippen LogP contribution in [0.15, 0.2) is 48.5 Å². The molecule has 0 saturated heterocycles. The van der Waals surface area contributed by atoms with Gasteiger partial charge in [0.2, 0.25) is 11.8 Å². The molecular formula is C33H44N6O5. The third-order valence-electron chi connectivity index (χ3n) is 7.53. The zero-order chi connectivity index (χ0) is 31.6. The fraction of sp³-hybridized carbons (Fsp3) is 0.485. The zero-order valence-corrected chi connectivity index (χ0v) is 26.1. The molecule has 2 amide bonds. The Labute approximate surface area is 259 Å². The number of carbonyl (C=O) groups excluding carboxylic acids is 3. The van der Waals surface area contributed by atoms with Crippen LogP contribution >= 0.6 is 0 Å². The van der Waals surface area contributed by atoms with Crippen molar-refractivity contribution in [1.29, 1.82) is 0 Å². The number of nitrogens with one attached hydrogen (secondary N) is 2. The van der Waals surface area contributed by atoms with Gasteiger partial charge in [-0.05, 0) is 18.1 Å². The van der Waals surface area contributed by atoms with Crippen molar-refractivity contribution in [3.63, 3.8) is 0 Å². The molecule has 1 aromatic heterocycles. The first-order valence-electron chi connectivity index (χ1n) is 15.4. The molecule has 0 bridgehead atoms. The van der Waals surface area contributed by atoms with Gasteiger partial charge in [-0.25, -0.2) is 4.68 Å². The Bertz CT molecular complexity index is 1440. The van der Waals surface area contributed by atoms with E-state index in [1.54, 1.807) is 9.58 Å². The van der Waals surface area contributed by atoms with Crippen LogP contribution in [0, 0.1) is 5.92 Å². The van der Waals surface area contributed by atoms with Crippen molar-refractivity contribution in [2.75, 3.05) is 31.2 Å². The van der Waals surface area contributed by atoms with Crippen LogP contribution in [0.4, 0.5) is 5.69 Å². The minimum Gasteiger partial charge on any atom is -0.381 e. The maximum atomic E-state index is 13.7. The molecule has 1 atom stereocenters. The van der Waals surface area contributed by atoms with Gasteiger partial charge in [0.25, 0.3) is 0 Å². The van der Waals surface area contributed by atoms with Crippen LogP contribution in [-0.4, -0.2) is 70.0 Å². The highest BCUT2D eigenvalue weighted by Gasteiger charge is 2.30. The van der Waals surface area contributed by atoms with E-state index < -0.39 is 6.23 Å². The largest absolute Gasteiger partial charge is 0.381 e. The normalized spacial score (nSPS) is 13.1. The number of fused-ring (bicyclic) bond motifs is 5. The molecule has 3 aromatic rings. The molecule has 0 fully saturated rings. The molecule has 0 saturated carbocycles. The van der Waals surface area contributed by atoms with E-state index >= 15 is 0 Å². The third kappa shape index (κ3) is 8.37. The Hall–Kier alpha value is -3.93. The monoisotopic (exact) mass is 604 g/mol. The van der Waals surface area contributed by atoms with Gasteiger partial charge in [-0.2, -0.15) is 0 Å². The summed E-state index contributed by atoms with van der Waals surface area (Å²) < 4.78 is 7.04. The van der Waals surface area contributed by atoms with Crippen molar-refractivity contribution in [1.82, 2.24) is 25.6 Å².